The van der Waals surface area contributed by atoms with Crippen molar-refractivity contribution in [2.45, 2.75) is 32.6 Å². The summed E-state index contributed by atoms with van der Waals surface area (Å²) in [6.45, 7) is 7.64. The Bertz CT molecular complexity index is 1010. The van der Waals surface area contributed by atoms with Crippen LogP contribution in [0, 0.1) is 24.0 Å². The number of non-ortho nitro benzene ring substituents is 1. The number of hydrazone groups is 1. The molecule has 1 aromatic carbocycles. The molecular weight excluding hydrogens is 384 g/mol. The molecule has 0 amide bonds. The van der Waals surface area contributed by atoms with Gasteiger partial charge in [-0.05, 0) is 19.9 Å². The van der Waals surface area contributed by atoms with Gasteiger partial charge in [0, 0.05) is 43.5 Å². The van der Waals surface area contributed by atoms with E-state index < -0.39 is 14.9 Å². The van der Waals surface area contributed by atoms with Crippen LogP contribution in [0.5, 0.6) is 0 Å². The molecule has 0 radical (unpaired) electrons. The van der Waals surface area contributed by atoms with E-state index in [1.807, 2.05) is 20.9 Å². The van der Waals surface area contributed by atoms with Gasteiger partial charge in [-0.3, -0.25) is 20.2 Å². The average molecular weight is 408 g/mol. The Morgan fingerprint density at radius 1 is 1.32 bits per heavy atom. The molecule has 0 saturated carbocycles. The lowest BCUT2D eigenvalue weighted by atomic mass is 10.2. The lowest BCUT2D eigenvalue weighted by Gasteiger charge is -2.20. The number of nitrogens with zero attached hydrogens (tertiary/aromatic N) is 5. The molecule has 10 nitrogen and oxygen atoms in total. The zero-order chi connectivity index (χ0) is 21.1. The molecule has 0 aliphatic carbocycles. The van der Waals surface area contributed by atoms with Crippen molar-refractivity contribution in [3.8, 4) is 0 Å². The van der Waals surface area contributed by atoms with E-state index >= 15 is 0 Å². The normalized spacial score (nSPS) is 12.1. The summed E-state index contributed by atoms with van der Waals surface area (Å²) in [5.41, 5.74) is 5.06. The predicted octanol–water partition coefficient (Wildman–Crippen LogP) is 2.42. The minimum Gasteiger partial charge on any atom is -0.277 e. The number of anilines is 1. The molecule has 0 saturated heterocycles. The molecule has 0 bridgehead atoms. The molecule has 0 unspecified atom stereocenters. The minimum atomic E-state index is -3.92. The highest BCUT2D eigenvalue weighted by Crippen LogP contribution is 2.29. The molecule has 0 aliphatic heterocycles. The number of benzene rings is 1. The van der Waals surface area contributed by atoms with E-state index in [-0.39, 0.29) is 29.4 Å². The average Bonchev–Trinajstić information content (AvgIpc) is 2.88. The molecule has 1 heterocycles. The van der Waals surface area contributed by atoms with Gasteiger partial charge in [-0.25, -0.2) is 8.42 Å². The van der Waals surface area contributed by atoms with Crippen molar-refractivity contribution in [3.63, 3.8) is 0 Å². The van der Waals surface area contributed by atoms with Crippen molar-refractivity contribution in [1.29, 1.82) is 0 Å². The van der Waals surface area contributed by atoms with Crippen molar-refractivity contribution in [1.82, 2.24) is 14.1 Å². The van der Waals surface area contributed by atoms with E-state index in [1.165, 1.54) is 16.4 Å². The molecule has 0 fully saturated rings. The lowest BCUT2D eigenvalue weighted by Crippen LogP contribution is -2.31. The molecule has 0 aliphatic rings. The fraction of sp³-hybridized carbons (Fsp3) is 0.412. The summed E-state index contributed by atoms with van der Waals surface area (Å²) in [4.78, 5) is 10.3. The van der Waals surface area contributed by atoms with Crippen LogP contribution < -0.4 is 5.43 Å². The Labute approximate surface area is 164 Å². The van der Waals surface area contributed by atoms with Crippen LogP contribution in [0.1, 0.15) is 30.8 Å². The highest BCUT2D eigenvalue weighted by atomic mass is 32.2. The van der Waals surface area contributed by atoms with Gasteiger partial charge in [0.1, 0.15) is 4.90 Å². The second-order valence-corrected chi connectivity index (χ2v) is 8.01. The molecule has 2 aromatic rings. The number of hydrogen-bond acceptors (Lipinski definition) is 7. The topological polar surface area (TPSA) is 123 Å². The fourth-order valence-electron chi connectivity index (χ4n) is 2.78. The summed E-state index contributed by atoms with van der Waals surface area (Å²) < 4.78 is 28.8. The Morgan fingerprint density at radius 2 is 1.96 bits per heavy atom. The van der Waals surface area contributed by atoms with Gasteiger partial charge in [0.2, 0.25) is 10.0 Å². The monoisotopic (exact) mass is 408 g/mol. The van der Waals surface area contributed by atoms with Crippen LogP contribution in [-0.4, -0.2) is 46.7 Å². The predicted molar refractivity (Wildman–Crippen MR) is 107 cm³/mol. The van der Waals surface area contributed by atoms with Crippen LogP contribution in [0.4, 0.5) is 11.4 Å². The summed E-state index contributed by atoms with van der Waals surface area (Å²) in [5.74, 6) is 0. The number of rotatable bonds is 8. The van der Waals surface area contributed by atoms with Gasteiger partial charge in [0.15, 0.2) is 0 Å². The van der Waals surface area contributed by atoms with E-state index in [9.17, 15) is 18.5 Å². The quantitative estimate of drug-likeness (QED) is 0.406. The maximum absolute atomic E-state index is 12.9. The van der Waals surface area contributed by atoms with Crippen LogP contribution in [0.25, 0.3) is 0 Å². The first-order valence-corrected chi connectivity index (χ1v) is 10.1. The first kappa shape index (κ1) is 21.5. The highest BCUT2D eigenvalue weighted by molar-refractivity contribution is 7.89. The summed E-state index contributed by atoms with van der Waals surface area (Å²) in [6.07, 6.45) is 1.55. The van der Waals surface area contributed by atoms with Gasteiger partial charge in [-0.15, -0.1) is 0 Å². The molecule has 0 atom stereocenters. The number of nitro groups is 1. The summed E-state index contributed by atoms with van der Waals surface area (Å²) >= 11 is 0. The van der Waals surface area contributed by atoms with Crippen LogP contribution in [0.15, 0.2) is 28.2 Å². The van der Waals surface area contributed by atoms with Gasteiger partial charge < -0.3 is 0 Å². The maximum Gasteiger partial charge on any atom is 0.270 e. The third-order valence-electron chi connectivity index (χ3n) is 4.44. The van der Waals surface area contributed by atoms with Gasteiger partial charge in [-0.1, -0.05) is 13.8 Å². The standard InChI is InChI=1S/C17H24N6O4S/c1-6-22(7-2)28(26,27)17-10-14(23(24)25)8-9-16(17)19-18-11-15-12(3)20-21(5)13(15)4/h8-11,19H,6-7H2,1-5H3/b18-11+. The fourth-order valence-corrected chi connectivity index (χ4v) is 4.40. The van der Waals surface area contributed by atoms with Gasteiger partial charge in [-0.2, -0.15) is 14.5 Å². The third-order valence-corrected chi connectivity index (χ3v) is 6.53. The van der Waals surface area contributed by atoms with E-state index in [4.69, 9.17) is 0 Å². The Morgan fingerprint density at radius 3 is 2.46 bits per heavy atom. The second-order valence-electron chi connectivity index (χ2n) is 6.11. The van der Waals surface area contributed by atoms with Crippen molar-refractivity contribution < 1.29 is 13.3 Å². The van der Waals surface area contributed by atoms with E-state index in [2.05, 4.69) is 15.6 Å². The summed E-state index contributed by atoms with van der Waals surface area (Å²) in [6, 6.07) is 3.63. The third kappa shape index (κ3) is 4.20. The Balaban J connectivity index is 2.46. The van der Waals surface area contributed by atoms with Crippen molar-refractivity contribution in [2.75, 3.05) is 18.5 Å². The van der Waals surface area contributed by atoms with E-state index in [0.29, 0.717) is 0 Å². The highest BCUT2D eigenvalue weighted by Gasteiger charge is 2.27. The van der Waals surface area contributed by atoms with Gasteiger partial charge in [0.25, 0.3) is 5.69 Å². The molecule has 1 aromatic heterocycles. The van der Waals surface area contributed by atoms with Gasteiger partial charge >= 0.3 is 0 Å². The number of aromatic nitrogens is 2. The van der Waals surface area contributed by atoms with Crippen LogP contribution in [0.2, 0.25) is 0 Å². The van der Waals surface area contributed by atoms with Crippen LogP contribution >= 0.6 is 0 Å². The SMILES string of the molecule is CCN(CC)S(=O)(=O)c1cc([N+](=O)[O-])ccc1N/N=C/c1c(C)nn(C)c1C. The summed E-state index contributed by atoms with van der Waals surface area (Å²) in [7, 11) is -2.10. The number of nitrogens with one attached hydrogen (secondary N) is 1. The van der Waals surface area contributed by atoms with Crippen LogP contribution in [0.3, 0.4) is 0 Å². The molecule has 28 heavy (non-hydrogen) atoms. The van der Waals surface area contributed by atoms with Gasteiger partial charge in [0.05, 0.1) is 22.5 Å². The lowest BCUT2D eigenvalue weighted by molar-refractivity contribution is -0.385. The van der Waals surface area contributed by atoms with Crippen molar-refractivity contribution >= 4 is 27.6 Å². The van der Waals surface area contributed by atoms with E-state index in [0.717, 1.165) is 23.0 Å². The molecule has 2 rings (SSSR count). The zero-order valence-electron chi connectivity index (χ0n) is 16.5. The smallest absolute Gasteiger partial charge is 0.270 e. The molecule has 152 valence electrons. The Hall–Kier alpha value is -2.79. The molecular formula is C17H24N6O4S. The number of nitro benzene ring substituents is 1. The molecule has 0 spiro atoms. The Kier molecular flexibility index (Phi) is 6.52. The number of aryl methyl sites for hydroxylation is 2. The maximum atomic E-state index is 12.9. The minimum absolute atomic E-state index is 0.160. The zero-order valence-corrected chi connectivity index (χ0v) is 17.3. The largest absolute Gasteiger partial charge is 0.277 e. The first-order valence-electron chi connectivity index (χ1n) is 8.71. The number of sulfonamides is 1. The van der Waals surface area contributed by atoms with E-state index in [1.54, 1.807) is 24.7 Å². The number of hydrogen-bond donors (Lipinski definition) is 1. The van der Waals surface area contributed by atoms with Crippen molar-refractivity contribution in [3.05, 3.63) is 45.3 Å². The summed E-state index contributed by atoms with van der Waals surface area (Å²) in [5, 5.41) is 19.5. The second kappa shape index (κ2) is 8.48. The first-order chi connectivity index (χ1) is 13.1. The van der Waals surface area contributed by atoms with Crippen molar-refractivity contribution in [2.24, 2.45) is 12.1 Å². The molecule has 1 N–H and O–H groups in total. The van der Waals surface area contributed by atoms with Crippen LogP contribution in [-0.2, 0) is 17.1 Å². The molecule has 11 heteroatoms.